The van der Waals surface area contributed by atoms with Crippen LogP contribution in [-0.4, -0.2) is 40.1 Å². The zero-order chi connectivity index (χ0) is 11.8. The van der Waals surface area contributed by atoms with E-state index in [2.05, 4.69) is 4.98 Å². The third-order valence-corrected chi connectivity index (χ3v) is 2.40. The summed E-state index contributed by atoms with van der Waals surface area (Å²) in [6, 6.07) is 4.00. The van der Waals surface area contributed by atoms with Crippen LogP contribution in [0.1, 0.15) is 5.69 Å². The predicted octanol–water partition coefficient (Wildman–Crippen LogP) is 0.376. The maximum atomic E-state index is 13.6. The molecule has 0 unspecified atom stereocenters. The Morgan fingerprint density at radius 1 is 1.50 bits per heavy atom. The van der Waals surface area contributed by atoms with Crippen LogP contribution >= 0.6 is 0 Å². The van der Waals surface area contributed by atoms with E-state index in [-0.39, 0.29) is 13.1 Å². The zero-order valence-electron chi connectivity index (χ0n) is 8.31. The molecule has 86 valence electrons. The van der Waals surface area contributed by atoms with Crippen molar-refractivity contribution in [1.29, 1.82) is 0 Å². The van der Waals surface area contributed by atoms with Crippen molar-refractivity contribution in [3.8, 4) is 0 Å². The first kappa shape index (κ1) is 10.9. The number of pyridine rings is 1. The largest absolute Gasteiger partial charge is 0.389 e. The van der Waals surface area contributed by atoms with Gasteiger partial charge in [0.25, 0.3) is 5.91 Å². The molecule has 2 heterocycles. The highest BCUT2D eigenvalue weighted by Gasteiger charge is 2.48. The van der Waals surface area contributed by atoms with Gasteiger partial charge in [0.05, 0.1) is 6.10 Å². The Labute approximate surface area is 90.5 Å². The van der Waals surface area contributed by atoms with Gasteiger partial charge in [-0.05, 0) is 12.1 Å². The Morgan fingerprint density at radius 2 is 2.19 bits per heavy atom. The standard InChI is InChI=1S/C10H10F2N2O2/c11-10(12,8-3-1-2-4-13-8)9(16)14-5-7(15)6-14/h1-4,7,15H,5-6H2. The van der Waals surface area contributed by atoms with Crippen molar-refractivity contribution in [1.82, 2.24) is 9.88 Å². The van der Waals surface area contributed by atoms with E-state index in [1.54, 1.807) is 0 Å². The minimum Gasteiger partial charge on any atom is -0.389 e. The summed E-state index contributed by atoms with van der Waals surface area (Å²) >= 11 is 0. The van der Waals surface area contributed by atoms with Crippen LogP contribution in [0.3, 0.4) is 0 Å². The van der Waals surface area contributed by atoms with Gasteiger partial charge in [0.15, 0.2) is 0 Å². The highest BCUT2D eigenvalue weighted by molar-refractivity contribution is 5.85. The van der Waals surface area contributed by atoms with Crippen molar-refractivity contribution < 1.29 is 18.7 Å². The van der Waals surface area contributed by atoms with Crippen molar-refractivity contribution in [3.05, 3.63) is 30.1 Å². The van der Waals surface area contributed by atoms with Crippen LogP contribution in [0.2, 0.25) is 0 Å². The number of hydrogen-bond donors (Lipinski definition) is 1. The van der Waals surface area contributed by atoms with Crippen molar-refractivity contribution in [2.45, 2.75) is 12.0 Å². The van der Waals surface area contributed by atoms with Gasteiger partial charge in [-0.25, -0.2) is 0 Å². The van der Waals surface area contributed by atoms with Gasteiger partial charge in [0.1, 0.15) is 5.69 Å². The summed E-state index contributed by atoms with van der Waals surface area (Å²) in [5, 5.41) is 8.95. The summed E-state index contributed by atoms with van der Waals surface area (Å²) < 4.78 is 27.2. The fourth-order valence-corrected chi connectivity index (χ4v) is 1.48. The van der Waals surface area contributed by atoms with Gasteiger partial charge < -0.3 is 10.0 Å². The molecule has 1 aromatic rings. The van der Waals surface area contributed by atoms with E-state index in [1.165, 1.54) is 18.3 Å². The second kappa shape index (κ2) is 3.79. The second-order valence-electron chi connectivity index (χ2n) is 3.65. The van der Waals surface area contributed by atoms with Crippen LogP contribution in [0, 0.1) is 0 Å². The quantitative estimate of drug-likeness (QED) is 0.796. The Balaban J connectivity index is 2.16. The molecule has 1 fully saturated rings. The maximum absolute atomic E-state index is 13.6. The molecule has 1 aliphatic rings. The van der Waals surface area contributed by atoms with E-state index < -0.39 is 23.6 Å². The van der Waals surface area contributed by atoms with E-state index >= 15 is 0 Å². The summed E-state index contributed by atoms with van der Waals surface area (Å²) in [4.78, 5) is 15.8. The number of likely N-dealkylation sites (tertiary alicyclic amines) is 1. The van der Waals surface area contributed by atoms with Gasteiger partial charge in [0.2, 0.25) is 0 Å². The van der Waals surface area contributed by atoms with Gasteiger partial charge in [-0.1, -0.05) is 6.07 Å². The number of carbonyl (C=O) groups is 1. The highest BCUT2D eigenvalue weighted by atomic mass is 19.3. The lowest BCUT2D eigenvalue weighted by molar-refractivity contribution is -0.169. The Bertz CT molecular complexity index is 391. The molecule has 0 aromatic carbocycles. The number of rotatable bonds is 2. The van der Waals surface area contributed by atoms with Gasteiger partial charge in [-0.3, -0.25) is 9.78 Å². The molecule has 1 N–H and O–H groups in total. The number of nitrogens with zero attached hydrogens (tertiary/aromatic N) is 2. The fraction of sp³-hybridized carbons (Fsp3) is 0.400. The number of halogens is 2. The molecule has 0 spiro atoms. The molecule has 1 amide bonds. The lowest BCUT2D eigenvalue weighted by Crippen LogP contribution is -2.57. The Hall–Kier alpha value is -1.56. The van der Waals surface area contributed by atoms with E-state index in [0.29, 0.717) is 0 Å². The van der Waals surface area contributed by atoms with Crippen molar-refractivity contribution >= 4 is 5.91 Å². The summed E-state index contributed by atoms with van der Waals surface area (Å²) in [6.45, 7) is -0.0808. The molecule has 16 heavy (non-hydrogen) atoms. The van der Waals surface area contributed by atoms with E-state index in [4.69, 9.17) is 5.11 Å². The molecule has 2 rings (SSSR count). The van der Waals surface area contributed by atoms with Crippen LogP contribution < -0.4 is 0 Å². The van der Waals surface area contributed by atoms with Crippen LogP contribution in [0.15, 0.2) is 24.4 Å². The fourth-order valence-electron chi connectivity index (χ4n) is 1.48. The molecule has 1 aromatic heterocycles. The number of carbonyl (C=O) groups excluding carboxylic acids is 1. The lowest BCUT2D eigenvalue weighted by Gasteiger charge is -2.37. The molecule has 1 saturated heterocycles. The molecular weight excluding hydrogens is 218 g/mol. The molecule has 0 bridgehead atoms. The molecule has 6 heteroatoms. The predicted molar refractivity (Wildman–Crippen MR) is 50.7 cm³/mol. The molecule has 0 radical (unpaired) electrons. The van der Waals surface area contributed by atoms with Crippen LogP contribution in [0.5, 0.6) is 0 Å². The van der Waals surface area contributed by atoms with Crippen LogP contribution in [-0.2, 0) is 10.7 Å². The van der Waals surface area contributed by atoms with Gasteiger partial charge >= 0.3 is 5.92 Å². The van der Waals surface area contributed by atoms with E-state index in [1.807, 2.05) is 0 Å². The smallest absolute Gasteiger partial charge is 0.366 e. The van der Waals surface area contributed by atoms with Crippen LogP contribution in [0.4, 0.5) is 8.78 Å². The maximum Gasteiger partial charge on any atom is 0.366 e. The number of β-amino-alcohol motifs (C(OH)–C–C–N with tert-alkyl or cyclic N) is 1. The molecule has 4 nitrogen and oxygen atoms in total. The summed E-state index contributed by atoms with van der Waals surface area (Å²) in [7, 11) is 0. The zero-order valence-corrected chi connectivity index (χ0v) is 8.31. The van der Waals surface area contributed by atoms with Gasteiger partial charge in [-0.2, -0.15) is 8.78 Å². The number of aromatic nitrogens is 1. The number of amides is 1. The number of alkyl halides is 2. The first-order valence-electron chi connectivity index (χ1n) is 4.78. The average molecular weight is 228 g/mol. The second-order valence-corrected chi connectivity index (χ2v) is 3.65. The molecule has 1 aliphatic heterocycles. The Morgan fingerprint density at radius 3 is 2.69 bits per heavy atom. The minimum atomic E-state index is -3.62. The van der Waals surface area contributed by atoms with Crippen molar-refractivity contribution in [2.24, 2.45) is 0 Å². The van der Waals surface area contributed by atoms with E-state index in [9.17, 15) is 13.6 Å². The molecular formula is C10H10F2N2O2. The highest BCUT2D eigenvalue weighted by Crippen LogP contribution is 2.30. The average Bonchev–Trinajstić information content (AvgIpc) is 2.25. The first-order valence-corrected chi connectivity index (χ1v) is 4.78. The molecule has 0 saturated carbocycles. The topological polar surface area (TPSA) is 53.4 Å². The first-order chi connectivity index (χ1) is 7.51. The van der Waals surface area contributed by atoms with Crippen molar-refractivity contribution in [2.75, 3.05) is 13.1 Å². The minimum absolute atomic E-state index is 0.0404. The number of aliphatic hydroxyl groups is 1. The monoisotopic (exact) mass is 228 g/mol. The molecule has 0 atom stereocenters. The van der Waals surface area contributed by atoms with Crippen LogP contribution in [0.25, 0.3) is 0 Å². The number of aliphatic hydroxyl groups excluding tert-OH is 1. The number of hydrogen-bond acceptors (Lipinski definition) is 3. The summed E-state index contributed by atoms with van der Waals surface area (Å²) in [6.07, 6.45) is 0.519. The van der Waals surface area contributed by atoms with Gasteiger partial charge in [-0.15, -0.1) is 0 Å². The summed E-state index contributed by atoms with van der Waals surface area (Å²) in [5.41, 5.74) is -0.568. The Kier molecular flexibility index (Phi) is 2.59. The third kappa shape index (κ3) is 1.76. The SMILES string of the molecule is O=C(N1CC(O)C1)C(F)(F)c1ccccn1. The van der Waals surface area contributed by atoms with Crippen molar-refractivity contribution in [3.63, 3.8) is 0 Å². The van der Waals surface area contributed by atoms with Gasteiger partial charge in [0, 0.05) is 19.3 Å². The summed E-state index contributed by atoms with van der Waals surface area (Å²) in [5.74, 6) is -4.93. The molecule has 0 aliphatic carbocycles. The lowest BCUT2D eigenvalue weighted by atomic mass is 10.1. The third-order valence-electron chi connectivity index (χ3n) is 2.40. The van der Waals surface area contributed by atoms with E-state index in [0.717, 1.165) is 11.0 Å². The normalized spacial score (nSPS) is 17.1.